The van der Waals surface area contributed by atoms with Crippen LogP contribution < -0.4 is 10.9 Å². The van der Waals surface area contributed by atoms with Crippen LogP contribution in [0.5, 0.6) is 0 Å². The first-order valence-electron chi connectivity index (χ1n) is 8.14. The quantitative estimate of drug-likeness (QED) is 0.595. The molecule has 8 heteroatoms. The standard InChI is InChI=1S/C17H19N7O/c1-10(2)24-9-19-13-5-4-11(6-14(13)24)7-18-17-21-15-12(16(25)22-17)8-20-23(15)3/h4-6,8-10H,7H2,1-3H3,(H2,18,21,22,25). The summed E-state index contributed by atoms with van der Waals surface area (Å²) in [5.41, 5.74) is 3.51. The number of imidazole rings is 1. The van der Waals surface area contributed by atoms with Crippen molar-refractivity contribution in [3.8, 4) is 0 Å². The minimum atomic E-state index is -0.200. The van der Waals surface area contributed by atoms with E-state index in [0.717, 1.165) is 16.6 Å². The maximum atomic E-state index is 12.1. The number of aromatic nitrogens is 6. The molecule has 128 valence electrons. The number of anilines is 1. The smallest absolute Gasteiger partial charge is 0.263 e. The largest absolute Gasteiger partial charge is 0.352 e. The van der Waals surface area contributed by atoms with Crippen LogP contribution in [0, 0.1) is 0 Å². The summed E-state index contributed by atoms with van der Waals surface area (Å²) in [6, 6.07) is 6.48. The highest BCUT2D eigenvalue weighted by atomic mass is 16.1. The van der Waals surface area contributed by atoms with E-state index < -0.39 is 0 Å². The van der Waals surface area contributed by atoms with Crippen molar-refractivity contribution in [3.05, 3.63) is 46.6 Å². The minimum Gasteiger partial charge on any atom is -0.352 e. The van der Waals surface area contributed by atoms with Gasteiger partial charge in [-0.2, -0.15) is 10.1 Å². The highest BCUT2D eigenvalue weighted by Gasteiger charge is 2.09. The van der Waals surface area contributed by atoms with Gasteiger partial charge < -0.3 is 9.88 Å². The summed E-state index contributed by atoms with van der Waals surface area (Å²) in [4.78, 5) is 23.7. The molecule has 4 aromatic rings. The lowest BCUT2D eigenvalue weighted by Gasteiger charge is -2.10. The van der Waals surface area contributed by atoms with Gasteiger partial charge >= 0.3 is 0 Å². The Balaban J connectivity index is 1.63. The highest BCUT2D eigenvalue weighted by Crippen LogP contribution is 2.19. The molecule has 3 aromatic heterocycles. The van der Waals surface area contributed by atoms with Crippen molar-refractivity contribution in [1.29, 1.82) is 0 Å². The number of aromatic amines is 1. The average Bonchev–Trinajstić information content (AvgIpc) is 3.17. The number of fused-ring (bicyclic) bond motifs is 2. The first-order chi connectivity index (χ1) is 12.0. The Morgan fingerprint density at radius 3 is 2.96 bits per heavy atom. The van der Waals surface area contributed by atoms with Crippen LogP contribution in [0.3, 0.4) is 0 Å². The molecule has 0 aliphatic rings. The molecule has 25 heavy (non-hydrogen) atoms. The Hall–Kier alpha value is -3.16. The van der Waals surface area contributed by atoms with Crippen molar-refractivity contribution in [1.82, 2.24) is 29.3 Å². The van der Waals surface area contributed by atoms with Crippen LogP contribution in [0.15, 0.2) is 35.5 Å². The summed E-state index contributed by atoms with van der Waals surface area (Å²) in [5, 5.41) is 7.73. The number of benzene rings is 1. The van der Waals surface area contributed by atoms with Gasteiger partial charge in [0.15, 0.2) is 5.65 Å². The molecule has 1 aromatic carbocycles. The second-order valence-corrected chi connectivity index (χ2v) is 6.34. The maximum Gasteiger partial charge on any atom is 0.263 e. The van der Waals surface area contributed by atoms with Crippen LogP contribution in [0.4, 0.5) is 5.95 Å². The zero-order valence-corrected chi connectivity index (χ0v) is 14.3. The second-order valence-electron chi connectivity index (χ2n) is 6.34. The van der Waals surface area contributed by atoms with E-state index in [9.17, 15) is 4.79 Å². The summed E-state index contributed by atoms with van der Waals surface area (Å²) >= 11 is 0. The lowest BCUT2D eigenvalue weighted by atomic mass is 10.2. The number of aryl methyl sites for hydroxylation is 1. The predicted octanol–water partition coefficient (Wildman–Crippen LogP) is 2.20. The van der Waals surface area contributed by atoms with Gasteiger partial charge in [-0.3, -0.25) is 14.5 Å². The number of rotatable bonds is 4. The molecule has 0 saturated carbocycles. The fourth-order valence-corrected chi connectivity index (χ4v) is 2.90. The van der Waals surface area contributed by atoms with E-state index >= 15 is 0 Å². The molecular formula is C17H19N7O. The Morgan fingerprint density at radius 1 is 1.32 bits per heavy atom. The van der Waals surface area contributed by atoms with Gasteiger partial charge in [-0.25, -0.2) is 4.98 Å². The summed E-state index contributed by atoms with van der Waals surface area (Å²) in [5.74, 6) is 0.429. The summed E-state index contributed by atoms with van der Waals surface area (Å²) in [6.45, 7) is 4.80. The first kappa shape index (κ1) is 15.4. The van der Waals surface area contributed by atoms with Crippen LogP contribution >= 0.6 is 0 Å². The molecule has 0 saturated heterocycles. The normalized spacial score (nSPS) is 11.7. The number of nitrogens with zero attached hydrogens (tertiary/aromatic N) is 5. The van der Waals surface area contributed by atoms with E-state index in [1.165, 1.54) is 6.20 Å². The minimum absolute atomic E-state index is 0.200. The lowest BCUT2D eigenvalue weighted by molar-refractivity contribution is 0.617. The molecule has 8 nitrogen and oxygen atoms in total. The number of hydrogen-bond acceptors (Lipinski definition) is 5. The molecular weight excluding hydrogens is 318 g/mol. The first-order valence-corrected chi connectivity index (χ1v) is 8.14. The molecule has 0 amide bonds. The maximum absolute atomic E-state index is 12.1. The van der Waals surface area contributed by atoms with Crippen LogP contribution in [-0.2, 0) is 13.6 Å². The molecule has 3 heterocycles. The zero-order valence-electron chi connectivity index (χ0n) is 14.3. The van der Waals surface area contributed by atoms with Crippen molar-refractivity contribution in [2.75, 3.05) is 5.32 Å². The van der Waals surface area contributed by atoms with Crippen molar-refractivity contribution in [2.45, 2.75) is 26.4 Å². The van der Waals surface area contributed by atoms with Crippen molar-refractivity contribution >= 4 is 28.0 Å². The molecule has 2 N–H and O–H groups in total. The van der Waals surface area contributed by atoms with Crippen LogP contribution in [0.2, 0.25) is 0 Å². The molecule has 0 unspecified atom stereocenters. The molecule has 0 spiro atoms. The van der Waals surface area contributed by atoms with Crippen LogP contribution in [0.25, 0.3) is 22.1 Å². The SMILES string of the molecule is CC(C)n1cnc2ccc(CNc3nc4c(cnn4C)c(=O)[nH]3)cc21. The summed E-state index contributed by atoms with van der Waals surface area (Å²) in [7, 11) is 1.76. The number of H-pyrrole nitrogens is 1. The molecule has 0 aliphatic heterocycles. The summed E-state index contributed by atoms with van der Waals surface area (Å²) in [6.07, 6.45) is 3.38. The fourth-order valence-electron chi connectivity index (χ4n) is 2.90. The molecule has 4 rings (SSSR count). The molecule has 0 atom stereocenters. The van der Waals surface area contributed by atoms with Crippen molar-refractivity contribution < 1.29 is 0 Å². The molecule has 0 fully saturated rings. The third kappa shape index (κ3) is 2.65. The molecule has 0 aliphatic carbocycles. The topological polar surface area (TPSA) is 93.4 Å². The molecule has 0 radical (unpaired) electrons. The lowest BCUT2D eigenvalue weighted by Crippen LogP contribution is -2.13. The van der Waals surface area contributed by atoms with Crippen molar-refractivity contribution in [2.24, 2.45) is 7.05 Å². The third-order valence-electron chi connectivity index (χ3n) is 4.26. The van der Waals surface area contributed by atoms with E-state index in [2.05, 4.69) is 49.8 Å². The van der Waals surface area contributed by atoms with E-state index in [1.807, 2.05) is 18.5 Å². The average molecular weight is 337 g/mol. The Bertz CT molecular complexity index is 1120. The van der Waals surface area contributed by atoms with Gasteiger partial charge in [0.1, 0.15) is 5.39 Å². The van der Waals surface area contributed by atoms with Gasteiger partial charge in [0.05, 0.1) is 23.6 Å². The monoisotopic (exact) mass is 337 g/mol. The summed E-state index contributed by atoms with van der Waals surface area (Å²) < 4.78 is 3.73. The highest BCUT2D eigenvalue weighted by molar-refractivity contribution is 5.76. The molecule has 0 bridgehead atoms. The van der Waals surface area contributed by atoms with Gasteiger partial charge in [0.2, 0.25) is 5.95 Å². The van der Waals surface area contributed by atoms with E-state index in [0.29, 0.717) is 29.6 Å². The van der Waals surface area contributed by atoms with Crippen LogP contribution in [-0.4, -0.2) is 29.3 Å². The van der Waals surface area contributed by atoms with Gasteiger partial charge in [-0.1, -0.05) is 6.07 Å². The fraction of sp³-hybridized carbons (Fsp3) is 0.294. The van der Waals surface area contributed by atoms with E-state index in [4.69, 9.17) is 0 Å². The number of hydrogen-bond donors (Lipinski definition) is 2. The third-order valence-corrected chi connectivity index (χ3v) is 4.26. The Morgan fingerprint density at radius 2 is 2.16 bits per heavy atom. The zero-order chi connectivity index (χ0) is 17.6. The van der Waals surface area contributed by atoms with Gasteiger partial charge in [-0.05, 0) is 31.5 Å². The number of nitrogens with one attached hydrogen (secondary N) is 2. The van der Waals surface area contributed by atoms with Gasteiger partial charge in [-0.15, -0.1) is 0 Å². The predicted molar refractivity (Wildman–Crippen MR) is 96.6 cm³/mol. The Kier molecular flexibility index (Phi) is 3.52. The van der Waals surface area contributed by atoms with Crippen molar-refractivity contribution in [3.63, 3.8) is 0 Å². The van der Waals surface area contributed by atoms with Gasteiger partial charge in [0, 0.05) is 19.6 Å². The Labute approximate surface area is 143 Å². The second kappa shape index (κ2) is 5.73. The van der Waals surface area contributed by atoms with E-state index in [-0.39, 0.29) is 5.56 Å². The van der Waals surface area contributed by atoms with E-state index in [1.54, 1.807) is 11.7 Å². The van der Waals surface area contributed by atoms with Crippen LogP contribution in [0.1, 0.15) is 25.5 Å². The van der Waals surface area contributed by atoms with Gasteiger partial charge in [0.25, 0.3) is 5.56 Å².